The molecule has 0 radical (unpaired) electrons. The molecular weight excluding hydrogens is 316 g/mol. The van der Waals surface area contributed by atoms with Crippen molar-refractivity contribution in [2.45, 2.75) is 26.2 Å². The molecule has 6 heteroatoms. The number of fused-ring (bicyclic) bond motifs is 1. The fourth-order valence-electron chi connectivity index (χ4n) is 2.80. The molecule has 0 saturated carbocycles. The van der Waals surface area contributed by atoms with Crippen LogP contribution in [0.5, 0.6) is 5.75 Å². The number of amides is 1. The largest absolute Gasteiger partial charge is 0.507 e. The van der Waals surface area contributed by atoms with Gasteiger partial charge in [0.05, 0.1) is 0 Å². The van der Waals surface area contributed by atoms with E-state index in [1.54, 1.807) is 6.07 Å². The van der Waals surface area contributed by atoms with Crippen LogP contribution in [0.25, 0.3) is 22.2 Å². The van der Waals surface area contributed by atoms with Gasteiger partial charge in [0.25, 0.3) is 0 Å². The molecule has 0 bridgehead atoms. The van der Waals surface area contributed by atoms with E-state index >= 15 is 0 Å². The van der Waals surface area contributed by atoms with E-state index in [1.165, 1.54) is 6.08 Å². The number of phenolic OH excluding ortho intramolecular Hbond substituents is 1. The molecule has 1 aromatic heterocycles. The van der Waals surface area contributed by atoms with Crippen LogP contribution in [0.1, 0.15) is 26.3 Å². The lowest BCUT2D eigenvalue weighted by atomic mass is 9.83. The summed E-state index contributed by atoms with van der Waals surface area (Å²) in [4.78, 5) is 11.7. The number of carbonyl (C=O) groups excluding carboxylic acids is 1. The zero-order valence-electron chi connectivity index (χ0n) is 14.4. The van der Waals surface area contributed by atoms with E-state index in [0.29, 0.717) is 16.8 Å². The summed E-state index contributed by atoms with van der Waals surface area (Å²) in [7, 11) is 0. The maximum Gasteiger partial charge on any atom is 0.247 e. The molecule has 128 valence electrons. The summed E-state index contributed by atoms with van der Waals surface area (Å²) in [6.07, 6.45) is 1.20. The van der Waals surface area contributed by atoms with Crippen molar-refractivity contribution < 1.29 is 9.90 Å². The Balaban J connectivity index is 2.23. The van der Waals surface area contributed by atoms with E-state index in [-0.39, 0.29) is 17.1 Å². The number of anilines is 1. The number of aromatic amines is 1. The third kappa shape index (κ3) is 3.10. The molecule has 0 spiro atoms. The molecule has 0 fully saturated rings. The van der Waals surface area contributed by atoms with Crippen LogP contribution in [0, 0.1) is 0 Å². The Morgan fingerprint density at radius 2 is 2.00 bits per heavy atom. The lowest BCUT2D eigenvalue weighted by Crippen LogP contribution is -2.17. The van der Waals surface area contributed by atoms with Gasteiger partial charge in [0.2, 0.25) is 5.91 Å². The Morgan fingerprint density at radius 3 is 2.68 bits per heavy atom. The van der Waals surface area contributed by atoms with Crippen LogP contribution in [0.15, 0.2) is 43.0 Å². The molecule has 0 atom stereocenters. The number of nitrogens with zero attached hydrogens (tertiary/aromatic N) is 2. The summed E-state index contributed by atoms with van der Waals surface area (Å²) in [5.74, 6) is -0.265. The van der Waals surface area contributed by atoms with Crippen molar-refractivity contribution in [2.24, 2.45) is 0 Å². The van der Waals surface area contributed by atoms with Crippen molar-refractivity contribution in [2.75, 3.05) is 5.32 Å². The van der Waals surface area contributed by atoms with Gasteiger partial charge in [-0.25, -0.2) is 0 Å². The van der Waals surface area contributed by atoms with Gasteiger partial charge in [-0.3, -0.25) is 4.79 Å². The average molecular weight is 336 g/mol. The molecule has 6 nitrogen and oxygen atoms in total. The van der Waals surface area contributed by atoms with Gasteiger partial charge >= 0.3 is 0 Å². The van der Waals surface area contributed by atoms with Crippen molar-refractivity contribution in [1.82, 2.24) is 15.4 Å². The summed E-state index contributed by atoms with van der Waals surface area (Å²) >= 11 is 0. The highest BCUT2D eigenvalue weighted by Gasteiger charge is 2.23. The predicted octanol–water partition coefficient (Wildman–Crippen LogP) is 3.75. The molecule has 25 heavy (non-hydrogen) atoms. The van der Waals surface area contributed by atoms with Crippen LogP contribution in [0.2, 0.25) is 0 Å². The highest BCUT2D eigenvalue weighted by Crippen LogP contribution is 2.40. The second-order valence-corrected chi connectivity index (χ2v) is 6.86. The van der Waals surface area contributed by atoms with E-state index in [4.69, 9.17) is 0 Å². The third-order valence-electron chi connectivity index (χ3n) is 4.02. The average Bonchev–Trinajstić information content (AvgIpc) is 3.02. The van der Waals surface area contributed by atoms with Gasteiger partial charge in [-0.05, 0) is 29.2 Å². The first kappa shape index (κ1) is 16.7. The second kappa shape index (κ2) is 6.05. The lowest BCUT2D eigenvalue weighted by molar-refractivity contribution is -0.111. The van der Waals surface area contributed by atoms with E-state index in [2.05, 4.69) is 27.3 Å². The minimum atomic E-state index is -0.323. The fourth-order valence-corrected chi connectivity index (χ4v) is 2.80. The smallest absolute Gasteiger partial charge is 0.247 e. The Labute approximate surface area is 145 Å². The van der Waals surface area contributed by atoms with Crippen molar-refractivity contribution in [3.05, 3.63) is 48.6 Å². The monoisotopic (exact) mass is 336 g/mol. The molecule has 2 aromatic carbocycles. The number of para-hydroxylation sites is 1. The Kier molecular flexibility index (Phi) is 4.04. The van der Waals surface area contributed by atoms with Gasteiger partial charge < -0.3 is 10.4 Å². The van der Waals surface area contributed by atoms with E-state index < -0.39 is 0 Å². The first-order valence-corrected chi connectivity index (χ1v) is 7.92. The third-order valence-corrected chi connectivity index (χ3v) is 4.02. The molecule has 3 N–H and O–H groups in total. The summed E-state index contributed by atoms with van der Waals surface area (Å²) in [6.45, 7) is 9.61. The number of hydrogen-bond acceptors (Lipinski definition) is 4. The van der Waals surface area contributed by atoms with E-state index in [9.17, 15) is 9.90 Å². The minimum absolute atomic E-state index is 0.0582. The highest BCUT2D eigenvalue weighted by molar-refractivity contribution is 6.01. The van der Waals surface area contributed by atoms with Gasteiger partial charge in [-0.1, -0.05) is 39.5 Å². The molecule has 1 heterocycles. The number of H-pyrrole nitrogens is 1. The van der Waals surface area contributed by atoms with Crippen LogP contribution in [0.3, 0.4) is 0 Å². The van der Waals surface area contributed by atoms with Crippen molar-refractivity contribution in [3.63, 3.8) is 0 Å². The standard InChI is InChI=1S/C19H20N4O2/c1-5-17(25)20-15-10-16(24)12(9-13(15)19(2,3)4)11-7-6-8-14-18(11)22-23-21-14/h5-10,24H,1H2,2-4H3,(H,20,25)(H,21,22,23). The lowest BCUT2D eigenvalue weighted by Gasteiger charge is -2.24. The number of benzene rings is 2. The summed E-state index contributed by atoms with van der Waals surface area (Å²) in [5.41, 5.74) is 4.03. The SMILES string of the molecule is C=CC(=O)Nc1cc(O)c(-c2cccc3n[nH]nc23)cc1C(C)(C)C. The van der Waals surface area contributed by atoms with Gasteiger partial charge in [0, 0.05) is 22.9 Å². The van der Waals surface area contributed by atoms with Gasteiger partial charge in [-0.15, -0.1) is 0 Å². The molecule has 0 aliphatic heterocycles. The Hall–Kier alpha value is -3.15. The Morgan fingerprint density at radius 1 is 1.24 bits per heavy atom. The fraction of sp³-hybridized carbons (Fsp3) is 0.211. The second-order valence-electron chi connectivity index (χ2n) is 6.86. The van der Waals surface area contributed by atoms with Gasteiger partial charge in [0.1, 0.15) is 16.8 Å². The predicted molar refractivity (Wildman–Crippen MR) is 98.5 cm³/mol. The van der Waals surface area contributed by atoms with Crippen LogP contribution in [-0.4, -0.2) is 26.4 Å². The number of phenols is 1. The van der Waals surface area contributed by atoms with Gasteiger partial charge in [-0.2, -0.15) is 15.4 Å². The summed E-state index contributed by atoms with van der Waals surface area (Å²) < 4.78 is 0. The number of nitrogens with one attached hydrogen (secondary N) is 2. The van der Waals surface area contributed by atoms with Crippen molar-refractivity contribution in [3.8, 4) is 16.9 Å². The molecule has 3 aromatic rings. The normalized spacial score (nSPS) is 11.5. The van der Waals surface area contributed by atoms with E-state index in [0.717, 1.165) is 16.6 Å². The number of aromatic nitrogens is 3. The molecule has 1 amide bonds. The van der Waals surface area contributed by atoms with Crippen LogP contribution in [0.4, 0.5) is 5.69 Å². The topological polar surface area (TPSA) is 90.9 Å². The molecule has 0 unspecified atom stereocenters. The molecule has 0 aliphatic rings. The van der Waals surface area contributed by atoms with E-state index in [1.807, 2.05) is 45.0 Å². The first-order chi connectivity index (χ1) is 11.8. The minimum Gasteiger partial charge on any atom is -0.507 e. The molecular formula is C19H20N4O2. The maximum atomic E-state index is 11.7. The summed E-state index contributed by atoms with van der Waals surface area (Å²) in [6, 6.07) is 9.05. The van der Waals surface area contributed by atoms with Gasteiger partial charge in [0.15, 0.2) is 0 Å². The number of aromatic hydroxyl groups is 1. The highest BCUT2D eigenvalue weighted by atomic mass is 16.3. The number of rotatable bonds is 3. The molecule has 3 rings (SSSR count). The summed E-state index contributed by atoms with van der Waals surface area (Å²) in [5, 5.41) is 24.2. The van der Waals surface area contributed by atoms with Crippen LogP contribution >= 0.6 is 0 Å². The Bertz CT molecular complexity index is 967. The maximum absolute atomic E-state index is 11.7. The van der Waals surface area contributed by atoms with Crippen LogP contribution in [-0.2, 0) is 10.2 Å². The zero-order chi connectivity index (χ0) is 18.2. The van der Waals surface area contributed by atoms with Crippen molar-refractivity contribution >= 4 is 22.6 Å². The van der Waals surface area contributed by atoms with Crippen molar-refractivity contribution in [1.29, 1.82) is 0 Å². The number of hydrogen-bond donors (Lipinski definition) is 3. The van der Waals surface area contributed by atoms with Crippen LogP contribution < -0.4 is 5.32 Å². The number of carbonyl (C=O) groups is 1. The molecule has 0 aliphatic carbocycles. The molecule has 0 saturated heterocycles. The first-order valence-electron chi connectivity index (χ1n) is 7.92. The zero-order valence-corrected chi connectivity index (χ0v) is 14.4. The quantitative estimate of drug-likeness (QED) is 0.635.